The van der Waals surface area contributed by atoms with Crippen molar-refractivity contribution in [2.24, 2.45) is 0 Å². The van der Waals surface area contributed by atoms with Crippen molar-refractivity contribution in [3.05, 3.63) is 0 Å². The van der Waals surface area contributed by atoms with Crippen molar-refractivity contribution in [3.8, 4) is 0 Å². The number of methoxy groups -OCH3 is 1. The van der Waals surface area contributed by atoms with E-state index >= 15 is 0 Å². The van der Waals surface area contributed by atoms with E-state index in [1.807, 2.05) is 6.92 Å². The molecule has 4 rings (SSSR count). The maximum absolute atomic E-state index is 6.84. The van der Waals surface area contributed by atoms with Crippen LogP contribution in [0.15, 0.2) is 0 Å². The summed E-state index contributed by atoms with van der Waals surface area (Å²) in [5.41, 5.74) is 0. The summed E-state index contributed by atoms with van der Waals surface area (Å²) in [6.07, 6.45) is 16.8. The van der Waals surface area contributed by atoms with Gasteiger partial charge in [-0.25, -0.2) is 0 Å². The Balaban J connectivity index is 0.00000109. The third kappa shape index (κ3) is 48.3. The quantitative estimate of drug-likeness (QED) is 0.0205. The molecule has 15 N–H and O–H groups in total. The number of ether oxygens (including phenoxy) is 11. The van der Waals surface area contributed by atoms with Gasteiger partial charge in [-0.3, -0.25) is 0 Å². The molecule has 2 aliphatic heterocycles. The van der Waals surface area contributed by atoms with Crippen LogP contribution in [0.2, 0.25) is 30.2 Å². The molecule has 2 unspecified atom stereocenters. The number of thioether (sulfide) groups is 1. The molecule has 0 aromatic heterocycles. The van der Waals surface area contributed by atoms with Crippen molar-refractivity contribution in [1.82, 2.24) is 0 Å². The number of hydrogen-bond donors (Lipinski definition) is 15. The van der Waals surface area contributed by atoms with Crippen LogP contribution in [0, 0.1) is 0 Å². The molecule has 4 aliphatic rings. The highest BCUT2D eigenvalue weighted by molar-refractivity contribution is 7.99. The normalized spacial score (nSPS) is 22.8. The lowest BCUT2D eigenvalue weighted by molar-refractivity contribution is -0.238. The highest BCUT2D eigenvalue weighted by Gasteiger charge is 2.35. The van der Waals surface area contributed by atoms with E-state index in [2.05, 4.69) is 78.2 Å². The molecule has 0 spiro atoms. The van der Waals surface area contributed by atoms with Gasteiger partial charge in [-0.05, 0) is 90.2 Å². The first-order valence-corrected chi connectivity index (χ1v) is 36.3. The second-order valence-corrected chi connectivity index (χ2v) is 28.2. The summed E-state index contributed by atoms with van der Waals surface area (Å²) in [4.78, 5) is 63.2. The predicted molar refractivity (Wildman–Crippen MR) is 278 cm³/mol. The van der Waals surface area contributed by atoms with E-state index < -0.39 is 49.8 Å². The summed E-state index contributed by atoms with van der Waals surface area (Å²) in [5.74, 6) is -0.506. The van der Waals surface area contributed by atoms with E-state index in [-0.39, 0.29) is 54.5 Å². The monoisotopic (exact) mass is 1220 g/mol. The molecule has 26 nitrogen and oxygen atoms in total. The van der Waals surface area contributed by atoms with Crippen LogP contribution in [0.25, 0.3) is 0 Å². The molecule has 0 radical (unpaired) electrons. The van der Waals surface area contributed by atoms with Crippen LogP contribution >= 0.6 is 11.8 Å². The smallest absolute Gasteiger partial charge is 0.390 e. The van der Waals surface area contributed by atoms with Crippen LogP contribution in [-0.2, 0) is 52.1 Å². The Morgan fingerprint density at radius 1 is 0.500 bits per heavy atom. The highest BCUT2D eigenvalue weighted by Crippen LogP contribution is 2.39. The summed E-state index contributed by atoms with van der Waals surface area (Å²) < 4.78 is 160. The second kappa shape index (κ2) is 42.3. The SMILES string of the molecule is [3H]O[Si](CCCOC1(OC)CCCCC1)(O[3H])O[3H].[3H]O[Si](CCCOC1(SC)CCCCC1)(O[3H])O[3H].[3H]O[Si](CCCOC1CCCO1)(O[3H])O[3H].[3H]O[Si](CCCOC1COCCO1)(O[3H])O[3H].[3H]O[Si](CCCOCOCCOCC)(O[3H])O[3H]. The molecule has 0 bridgehead atoms. The second-order valence-electron chi connectivity index (χ2n) is 17.7. The minimum atomic E-state index is -3.46. The van der Waals surface area contributed by atoms with Crippen LogP contribution in [0.1, 0.15) is 116 Å². The molecule has 2 saturated heterocycles. The molecule has 446 valence electrons. The molecule has 0 amide bonds. The van der Waals surface area contributed by atoms with Gasteiger partial charge in [-0.2, -0.15) is 0 Å². The molecule has 4 fully saturated rings. The van der Waals surface area contributed by atoms with Gasteiger partial charge in [0.15, 0.2) is 39.8 Å². The van der Waals surface area contributed by atoms with Gasteiger partial charge in [0.2, 0.25) is 0 Å². The fraction of sp³-hybridized carbons (Fsp3) is 1.00. The molecule has 2 saturated carbocycles. The van der Waals surface area contributed by atoms with Crippen LogP contribution in [-0.4, -0.2) is 260 Å². The Bertz CT molecular complexity index is 1500. The largest absolute Gasteiger partial charge is 0.492 e. The van der Waals surface area contributed by atoms with Gasteiger partial charge in [0.25, 0.3) is 0 Å². The van der Waals surface area contributed by atoms with E-state index in [0.717, 1.165) is 58.0 Å². The van der Waals surface area contributed by atoms with Gasteiger partial charge < -0.3 is 124 Å². The maximum atomic E-state index is 6.84. The lowest BCUT2D eigenvalue weighted by atomic mass is 9.94. The van der Waals surface area contributed by atoms with Crippen LogP contribution in [0.3, 0.4) is 0 Å². The van der Waals surface area contributed by atoms with Crippen LogP contribution in [0.4, 0.5) is 0 Å². The Hall–Kier alpha value is 0.394. The van der Waals surface area contributed by atoms with E-state index in [4.69, 9.17) is 73.6 Å². The molecule has 2 atom stereocenters. The molecule has 2 aliphatic carbocycles. The lowest BCUT2D eigenvalue weighted by Crippen LogP contribution is -2.38. The third-order valence-corrected chi connectivity index (χ3v) is 17.1. The van der Waals surface area contributed by atoms with E-state index in [9.17, 15) is 0 Å². The van der Waals surface area contributed by atoms with Crippen LogP contribution in [0.5, 0.6) is 0 Å². The zero-order valence-electron chi connectivity index (χ0n) is 58.4. The molecule has 2 heterocycles. The summed E-state index contributed by atoms with van der Waals surface area (Å²) in [6, 6.07) is 0.979. The standard InChI is InChI=1S/C10H22O5Si.C10H22O4SSi.C8H20O6Si.C7H16O6Si.C7H16O5Si/c1-14-10(6-3-2-4-7-10)15-8-5-9-16(11,12)13;1-15-10(6-3-2-4-7-10)14-8-5-9-16(11,12)13;1-2-12-5-6-14-8-13-4-3-7-15(9,10)11;8-14(9,10)5-1-2-12-7-6-11-3-4-13-7;8-13(9,10)6-2-5-12-7-3-1-4-11-7/h2*11-13H,2-9H2,1H3;9-11H,2-8H2,1H3;7-10H,1-6H2;7-10H,1-6H2/i2*11T,12T,13T;9T,10T,11T;2*8T,9T,10T. The van der Waals surface area contributed by atoms with Gasteiger partial charge in [-0.15, -0.1) is 11.8 Å². The van der Waals surface area contributed by atoms with Crippen molar-refractivity contribution in [1.29, 1.82) is 21.5 Å². The average molecular weight is 1220 g/mol. The first-order chi connectivity index (χ1) is 43.1. The zero-order valence-corrected chi connectivity index (χ0v) is 49.2. The van der Waals surface area contributed by atoms with Crippen molar-refractivity contribution in [2.75, 3.05) is 99.4 Å². The van der Waals surface area contributed by atoms with E-state index in [1.165, 1.54) is 25.7 Å². The molecular weight excluding hydrogens is 1090 g/mol. The summed E-state index contributed by atoms with van der Waals surface area (Å²) >= 11 is 1.75. The average Bonchev–Trinajstić information content (AvgIpc) is 4.11. The first-order valence-electron chi connectivity index (χ1n) is 31.5. The summed E-state index contributed by atoms with van der Waals surface area (Å²) in [7, 11) is -15.6. The van der Waals surface area contributed by atoms with Gasteiger partial charge in [-0.1, -0.05) is 12.8 Å². The zero-order chi connectivity index (χ0) is 66.5. The number of hydrogen-bond acceptors (Lipinski definition) is 27. The first kappa shape index (κ1) is 51.3. The minimum Gasteiger partial charge on any atom is -0.390 e. The Morgan fingerprint density at radius 3 is 1.39 bits per heavy atom. The molecule has 32 heteroatoms. The van der Waals surface area contributed by atoms with Crippen LogP contribution < -0.4 is 0 Å². The Labute approximate surface area is 469 Å². The number of rotatable bonds is 47. The van der Waals surface area contributed by atoms with Crippen molar-refractivity contribution in [3.63, 3.8) is 0 Å². The van der Waals surface area contributed by atoms with Crippen molar-refractivity contribution >= 4 is 55.8 Å². The van der Waals surface area contributed by atoms with Gasteiger partial charge in [0.1, 0.15) is 11.7 Å². The van der Waals surface area contributed by atoms with Gasteiger partial charge >= 0.3 is 44.0 Å². The van der Waals surface area contributed by atoms with E-state index in [1.54, 1.807) is 18.9 Å². The molecular formula is C42H96O26SSi5. The topological polar surface area (TPSA) is 405 Å². The predicted octanol–water partition coefficient (Wildman–Crippen LogP) is -0.605. The summed E-state index contributed by atoms with van der Waals surface area (Å²) in [5, 5.41) is 0. The van der Waals surface area contributed by atoms with Gasteiger partial charge in [0, 0.05) is 96.2 Å². The molecule has 0 aromatic rings. The molecule has 74 heavy (non-hydrogen) atoms. The third-order valence-electron chi connectivity index (χ3n) is 11.0. The highest BCUT2D eigenvalue weighted by atomic mass is 32.2. The van der Waals surface area contributed by atoms with Gasteiger partial charge in [0.05, 0.1) is 39.6 Å². The van der Waals surface area contributed by atoms with Crippen molar-refractivity contribution in [2.45, 2.75) is 170 Å². The maximum Gasteiger partial charge on any atom is 0.492 e. The molecule has 0 aromatic carbocycles. The minimum absolute atomic E-state index is 0.0894. The Morgan fingerprint density at radius 2 is 0.946 bits per heavy atom. The summed E-state index contributed by atoms with van der Waals surface area (Å²) in [6.45, 7) is 7.90. The lowest BCUT2D eigenvalue weighted by Gasteiger charge is -2.35. The van der Waals surface area contributed by atoms with Crippen molar-refractivity contribution < 1.29 is 124 Å². The Kier molecular flexibility index (Phi) is 29.3. The fourth-order valence-electron chi connectivity index (χ4n) is 7.17. The van der Waals surface area contributed by atoms with E-state index in [0.29, 0.717) is 105 Å². The fourth-order valence-corrected chi connectivity index (χ4v) is 11.0.